The van der Waals surface area contributed by atoms with Crippen molar-refractivity contribution in [2.45, 2.75) is 32.2 Å². The fourth-order valence-electron chi connectivity index (χ4n) is 2.77. The number of benzene rings is 1. The molecular formula is C18H26FIN4O3. The molecule has 2 amide bonds. The summed E-state index contributed by atoms with van der Waals surface area (Å²) in [6.45, 7) is 2.57. The Kier molecular flexibility index (Phi) is 9.47. The van der Waals surface area contributed by atoms with Gasteiger partial charge in [-0.3, -0.25) is 19.5 Å². The number of carbonyl (C=O) groups is 2. The molecule has 1 fully saturated rings. The van der Waals surface area contributed by atoms with E-state index in [2.05, 4.69) is 15.6 Å². The molecule has 1 aliphatic heterocycles. The zero-order valence-electron chi connectivity index (χ0n) is 15.8. The van der Waals surface area contributed by atoms with Crippen LogP contribution in [0.2, 0.25) is 0 Å². The maximum atomic E-state index is 13.8. The van der Waals surface area contributed by atoms with E-state index in [1.54, 1.807) is 19.2 Å². The second-order valence-electron chi connectivity index (χ2n) is 6.05. The average molecular weight is 492 g/mol. The van der Waals surface area contributed by atoms with E-state index in [9.17, 15) is 14.0 Å². The summed E-state index contributed by atoms with van der Waals surface area (Å²) in [6, 6.07) is 4.57. The lowest BCUT2D eigenvalue weighted by molar-refractivity contribution is -0.147. The number of halogens is 2. The Bertz CT molecular complexity index is 683. The van der Waals surface area contributed by atoms with Crippen LogP contribution in [0.5, 0.6) is 5.75 Å². The van der Waals surface area contributed by atoms with Gasteiger partial charge in [0.25, 0.3) is 0 Å². The maximum absolute atomic E-state index is 13.8. The number of guanidine groups is 1. The number of hydrogen-bond donors (Lipinski definition) is 2. The minimum Gasteiger partial charge on any atom is -0.494 e. The Hall–Kier alpha value is -1.91. The molecule has 1 atom stereocenters. The molecule has 9 heteroatoms. The van der Waals surface area contributed by atoms with Gasteiger partial charge in [0, 0.05) is 33.0 Å². The van der Waals surface area contributed by atoms with Crippen LogP contribution in [-0.4, -0.2) is 49.9 Å². The van der Waals surface area contributed by atoms with Gasteiger partial charge in [-0.05, 0) is 31.0 Å². The molecule has 0 aliphatic carbocycles. The molecule has 0 spiro atoms. The van der Waals surface area contributed by atoms with Crippen LogP contribution in [-0.2, 0) is 9.59 Å². The van der Waals surface area contributed by atoms with Gasteiger partial charge in [0.1, 0.15) is 0 Å². The van der Waals surface area contributed by atoms with E-state index in [1.807, 2.05) is 6.92 Å². The number of aliphatic imine (C=N–C) groups is 1. The number of piperidine rings is 1. The molecule has 0 aromatic heterocycles. The number of rotatable bonds is 6. The third-order valence-corrected chi connectivity index (χ3v) is 4.26. The van der Waals surface area contributed by atoms with Gasteiger partial charge in [-0.15, -0.1) is 24.0 Å². The van der Waals surface area contributed by atoms with Gasteiger partial charge in [0.15, 0.2) is 17.5 Å². The Morgan fingerprint density at radius 3 is 2.56 bits per heavy atom. The number of nitrogens with zero attached hydrogens (tertiary/aromatic N) is 2. The van der Waals surface area contributed by atoms with Crippen LogP contribution in [0.15, 0.2) is 23.2 Å². The third-order valence-electron chi connectivity index (χ3n) is 4.26. The number of carbonyl (C=O) groups excluding carboxylic acids is 2. The lowest BCUT2D eigenvalue weighted by atomic mass is 10.1. The number of methoxy groups -OCH3 is 1. The number of imide groups is 1. The Morgan fingerprint density at radius 1 is 1.33 bits per heavy atom. The van der Waals surface area contributed by atoms with E-state index in [0.717, 1.165) is 5.56 Å². The second-order valence-corrected chi connectivity index (χ2v) is 6.05. The number of amides is 2. The van der Waals surface area contributed by atoms with Crippen molar-refractivity contribution in [1.29, 1.82) is 0 Å². The van der Waals surface area contributed by atoms with Crippen molar-refractivity contribution in [3.63, 3.8) is 0 Å². The summed E-state index contributed by atoms with van der Waals surface area (Å²) in [6.07, 6.45) is 1.46. The Balaban J connectivity index is 0.00000364. The molecular weight excluding hydrogens is 466 g/mol. The molecule has 2 N–H and O–H groups in total. The summed E-state index contributed by atoms with van der Waals surface area (Å²) in [5.74, 6) is 0.00909. The lowest BCUT2D eigenvalue weighted by Gasteiger charge is -2.25. The molecule has 1 saturated heterocycles. The van der Waals surface area contributed by atoms with Crippen LogP contribution in [0.3, 0.4) is 0 Å². The first kappa shape index (κ1) is 23.1. The topological polar surface area (TPSA) is 83.0 Å². The van der Waals surface area contributed by atoms with Crippen LogP contribution >= 0.6 is 24.0 Å². The van der Waals surface area contributed by atoms with Gasteiger partial charge >= 0.3 is 0 Å². The summed E-state index contributed by atoms with van der Waals surface area (Å²) in [7, 11) is 3.04. The quantitative estimate of drug-likeness (QED) is 0.276. The molecule has 1 aromatic rings. The predicted molar refractivity (Wildman–Crippen MR) is 112 cm³/mol. The van der Waals surface area contributed by atoms with Crippen LogP contribution in [0.25, 0.3) is 0 Å². The van der Waals surface area contributed by atoms with Gasteiger partial charge in [-0.25, -0.2) is 4.39 Å². The van der Waals surface area contributed by atoms with Crippen molar-refractivity contribution in [2.24, 2.45) is 4.99 Å². The van der Waals surface area contributed by atoms with Crippen molar-refractivity contribution in [3.8, 4) is 5.75 Å². The SMILES string of the molecule is CN=C(NCCN1C(=O)CCCC1=O)NC(C)c1ccc(OC)c(F)c1.I. The minimum absolute atomic E-state index is 0. The normalized spacial score (nSPS) is 15.9. The first-order valence-electron chi connectivity index (χ1n) is 8.60. The fraction of sp³-hybridized carbons (Fsp3) is 0.500. The number of nitrogens with one attached hydrogen (secondary N) is 2. The van der Waals surface area contributed by atoms with Crippen molar-refractivity contribution >= 4 is 41.8 Å². The van der Waals surface area contributed by atoms with Crippen molar-refractivity contribution in [1.82, 2.24) is 15.5 Å². The standard InChI is InChI=1S/C18H25FN4O3.HI/c1-12(13-7-8-15(26-3)14(19)11-13)22-18(20-2)21-9-10-23-16(24)5-4-6-17(23)25;/h7-8,11-12H,4-6,9-10H2,1-3H3,(H2,20,21,22);1H. The van der Waals surface area contributed by atoms with E-state index < -0.39 is 5.82 Å². The zero-order valence-corrected chi connectivity index (χ0v) is 18.1. The highest BCUT2D eigenvalue weighted by Gasteiger charge is 2.25. The van der Waals surface area contributed by atoms with Gasteiger partial charge in [0.05, 0.1) is 13.2 Å². The first-order chi connectivity index (χ1) is 12.5. The molecule has 1 aliphatic rings. The van der Waals surface area contributed by atoms with Gasteiger partial charge < -0.3 is 15.4 Å². The maximum Gasteiger partial charge on any atom is 0.229 e. The molecule has 1 heterocycles. The van der Waals surface area contributed by atoms with Gasteiger partial charge in [0.2, 0.25) is 11.8 Å². The second kappa shape index (κ2) is 11.1. The summed E-state index contributed by atoms with van der Waals surface area (Å²) < 4.78 is 18.8. The Labute approximate surface area is 175 Å². The molecule has 1 unspecified atom stereocenters. The lowest BCUT2D eigenvalue weighted by Crippen LogP contribution is -2.46. The van der Waals surface area contributed by atoms with Gasteiger partial charge in [-0.2, -0.15) is 0 Å². The predicted octanol–water partition coefficient (Wildman–Crippen LogP) is 2.22. The smallest absolute Gasteiger partial charge is 0.229 e. The number of ether oxygens (including phenoxy) is 1. The minimum atomic E-state index is -0.427. The molecule has 150 valence electrons. The first-order valence-corrected chi connectivity index (χ1v) is 8.60. The average Bonchev–Trinajstić information content (AvgIpc) is 2.62. The monoisotopic (exact) mass is 492 g/mol. The van der Waals surface area contributed by atoms with Crippen molar-refractivity contribution in [2.75, 3.05) is 27.2 Å². The van der Waals surface area contributed by atoms with Crippen LogP contribution in [0.4, 0.5) is 4.39 Å². The molecule has 0 saturated carbocycles. The highest BCUT2D eigenvalue weighted by Crippen LogP contribution is 2.21. The number of hydrogen-bond acceptors (Lipinski definition) is 4. The highest BCUT2D eigenvalue weighted by atomic mass is 127. The van der Waals surface area contributed by atoms with Crippen LogP contribution < -0.4 is 15.4 Å². The molecule has 27 heavy (non-hydrogen) atoms. The summed E-state index contributed by atoms with van der Waals surface area (Å²) in [5, 5.41) is 6.22. The molecule has 2 rings (SSSR count). The van der Waals surface area contributed by atoms with E-state index in [4.69, 9.17) is 4.74 Å². The third kappa shape index (κ3) is 6.33. The van der Waals surface area contributed by atoms with E-state index in [1.165, 1.54) is 18.1 Å². The van der Waals surface area contributed by atoms with Gasteiger partial charge in [-0.1, -0.05) is 6.07 Å². The van der Waals surface area contributed by atoms with Crippen LogP contribution in [0, 0.1) is 5.82 Å². The molecule has 7 nitrogen and oxygen atoms in total. The summed E-state index contributed by atoms with van der Waals surface area (Å²) >= 11 is 0. The fourth-order valence-corrected chi connectivity index (χ4v) is 2.77. The molecule has 0 radical (unpaired) electrons. The largest absolute Gasteiger partial charge is 0.494 e. The van der Waals surface area contributed by atoms with E-state index in [0.29, 0.717) is 38.3 Å². The van der Waals surface area contributed by atoms with Crippen molar-refractivity contribution < 1.29 is 18.7 Å². The summed E-state index contributed by atoms with van der Waals surface area (Å²) in [5.41, 5.74) is 0.743. The van der Waals surface area contributed by atoms with Crippen LogP contribution in [0.1, 0.15) is 37.8 Å². The van der Waals surface area contributed by atoms with E-state index >= 15 is 0 Å². The van der Waals surface area contributed by atoms with Crippen molar-refractivity contribution in [3.05, 3.63) is 29.6 Å². The zero-order chi connectivity index (χ0) is 19.1. The molecule has 1 aromatic carbocycles. The molecule has 0 bridgehead atoms. The summed E-state index contributed by atoms with van der Waals surface area (Å²) in [4.78, 5) is 29.0. The Morgan fingerprint density at radius 2 is 2.00 bits per heavy atom. The highest BCUT2D eigenvalue weighted by molar-refractivity contribution is 14.0. The number of likely N-dealkylation sites (tertiary alicyclic amines) is 1. The van der Waals surface area contributed by atoms with E-state index in [-0.39, 0.29) is 47.6 Å².